The van der Waals surface area contributed by atoms with Crippen LogP contribution in [-0.4, -0.2) is 10.0 Å². The Balaban J connectivity index is 3.41. The van der Waals surface area contributed by atoms with Crippen LogP contribution in [0, 0.1) is 21.7 Å². The third kappa shape index (κ3) is 1.69. The molecule has 0 saturated heterocycles. The summed E-state index contributed by atoms with van der Waals surface area (Å²) in [6, 6.07) is 1.47. The van der Waals surface area contributed by atoms with Gasteiger partial charge < -0.3 is 5.11 Å². The molecule has 1 rings (SSSR count). The summed E-state index contributed by atoms with van der Waals surface area (Å²) in [5, 5.41) is 19.3. The summed E-state index contributed by atoms with van der Waals surface area (Å²) in [6.45, 7) is 1.13. The number of hydrogen-bond acceptors (Lipinski definition) is 3. The maximum Gasteiger partial charge on any atom is 0.305 e. The van der Waals surface area contributed by atoms with Crippen molar-refractivity contribution in [2.45, 2.75) is 13.0 Å². The molecule has 14 heavy (non-hydrogen) atoms. The van der Waals surface area contributed by atoms with Crippen LogP contribution in [0.2, 0.25) is 0 Å². The van der Waals surface area contributed by atoms with Crippen molar-refractivity contribution in [3.05, 3.63) is 39.4 Å². The van der Waals surface area contributed by atoms with Gasteiger partial charge in [-0.1, -0.05) is 0 Å². The maximum atomic E-state index is 13.2. The van der Waals surface area contributed by atoms with Crippen LogP contribution in [0.1, 0.15) is 18.6 Å². The molecule has 0 saturated carbocycles. The second kappa shape index (κ2) is 3.67. The first-order valence-corrected chi connectivity index (χ1v) is 3.75. The Morgan fingerprint density at radius 3 is 2.50 bits per heavy atom. The molecule has 0 bridgehead atoms. The van der Waals surface area contributed by atoms with Gasteiger partial charge in [-0.05, 0) is 13.0 Å². The zero-order valence-electron chi connectivity index (χ0n) is 7.20. The number of aliphatic hydroxyl groups excluding tert-OH is 1. The Morgan fingerprint density at radius 2 is 2.07 bits per heavy atom. The molecule has 0 fully saturated rings. The molecule has 0 aliphatic heterocycles. The molecule has 0 spiro atoms. The number of nitro benzene ring substituents is 1. The highest BCUT2D eigenvalue weighted by molar-refractivity contribution is 5.38. The van der Waals surface area contributed by atoms with Crippen LogP contribution in [0.3, 0.4) is 0 Å². The van der Waals surface area contributed by atoms with E-state index in [4.69, 9.17) is 5.11 Å². The van der Waals surface area contributed by atoms with E-state index in [1.165, 1.54) is 0 Å². The molecule has 0 aliphatic carbocycles. The van der Waals surface area contributed by atoms with Gasteiger partial charge in [0.2, 0.25) is 5.82 Å². The monoisotopic (exact) mass is 203 g/mol. The van der Waals surface area contributed by atoms with Gasteiger partial charge in [0.25, 0.3) is 0 Å². The van der Waals surface area contributed by atoms with Gasteiger partial charge in [-0.2, -0.15) is 4.39 Å². The van der Waals surface area contributed by atoms with E-state index in [-0.39, 0.29) is 0 Å². The van der Waals surface area contributed by atoms with Crippen molar-refractivity contribution in [3.63, 3.8) is 0 Å². The predicted molar refractivity (Wildman–Crippen MR) is 43.6 cm³/mol. The molecule has 1 aromatic rings. The van der Waals surface area contributed by atoms with E-state index in [2.05, 4.69) is 0 Å². The topological polar surface area (TPSA) is 63.4 Å². The largest absolute Gasteiger partial charge is 0.388 e. The Kier molecular flexibility index (Phi) is 2.76. The average Bonchev–Trinajstić information content (AvgIpc) is 2.02. The van der Waals surface area contributed by atoms with Gasteiger partial charge in [0.1, 0.15) is 5.82 Å². The second-order valence-corrected chi connectivity index (χ2v) is 2.73. The highest BCUT2D eigenvalue weighted by Crippen LogP contribution is 2.27. The van der Waals surface area contributed by atoms with E-state index in [1.54, 1.807) is 0 Å². The van der Waals surface area contributed by atoms with Crippen molar-refractivity contribution in [2.75, 3.05) is 0 Å². The van der Waals surface area contributed by atoms with Crippen molar-refractivity contribution in [3.8, 4) is 0 Å². The highest BCUT2D eigenvalue weighted by atomic mass is 19.1. The fourth-order valence-electron chi connectivity index (χ4n) is 1.08. The van der Waals surface area contributed by atoms with E-state index < -0.39 is 33.9 Å². The molecule has 1 aromatic carbocycles. The predicted octanol–water partition coefficient (Wildman–Crippen LogP) is 1.93. The summed E-state index contributed by atoms with van der Waals surface area (Å²) < 4.78 is 26.1. The molecule has 6 heteroatoms. The van der Waals surface area contributed by atoms with Crippen LogP contribution < -0.4 is 0 Å². The van der Waals surface area contributed by atoms with Crippen LogP contribution in [0.5, 0.6) is 0 Å². The normalized spacial score (nSPS) is 12.6. The smallest absolute Gasteiger partial charge is 0.305 e. The molecule has 0 heterocycles. The number of nitrogens with zero attached hydrogens (tertiary/aromatic N) is 1. The molecule has 0 radical (unpaired) electrons. The molecule has 1 N–H and O–H groups in total. The summed E-state index contributed by atoms with van der Waals surface area (Å²) in [5.41, 5.74) is -1.53. The Labute approximate surface area is 77.9 Å². The van der Waals surface area contributed by atoms with E-state index in [1.807, 2.05) is 0 Å². The van der Waals surface area contributed by atoms with Crippen molar-refractivity contribution in [1.82, 2.24) is 0 Å². The molecule has 4 nitrogen and oxygen atoms in total. The van der Waals surface area contributed by atoms with Gasteiger partial charge >= 0.3 is 5.69 Å². The van der Waals surface area contributed by atoms with Gasteiger partial charge in [0.05, 0.1) is 16.6 Å². The summed E-state index contributed by atoms with van der Waals surface area (Å²) in [4.78, 5) is 9.30. The minimum atomic E-state index is -1.42. The first-order chi connectivity index (χ1) is 6.45. The number of rotatable bonds is 2. The number of benzene rings is 1. The molecule has 0 aliphatic rings. The van der Waals surface area contributed by atoms with Crippen LogP contribution in [0.15, 0.2) is 12.1 Å². The van der Waals surface area contributed by atoms with Crippen LogP contribution in [0.4, 0.5) is 14.5 Å². The number of aliphatic hydroxyl groups is 1. The van der Waals surface area contributed by atoms with Gasteiger partial charge in [-0.3, -0.25) is 10.1 Å². The van der Waals surface area contributed by atoms with Crippen LogP contribution in [-0.2, 0) is 0 Å². The van der Waals surface area contributed by atoms with Crippen molar-refractivity contribution >= 4 is 5.69 Å². The van der Waals surface area contributed by atoms with Crippen LogP contribution in [0.25, 0.3) is 0 Å². The molecular weight excluding hydrogens is 196 g/mol. The Bertz CT molecular complexity index is 379. The van der Waals surface area contributed by atoms with Gasteiger partial charge in [0.15, 0.2) is 0 Å². The quantitative estimate of drug-likeness (QED) is 0.590. The number of halogens is 2. The standard InChI is InChI=1S/C8H7F2NO3/c1-4(12)7-5(9)2-3-6(8(7)10)11(13)14/h2-4,12H,1H3/t4-/m0/s1. The zero-order valence-corrected chi connectivity index (χ0v) is 7.20. The van der Waals surface area contributed by atoms with Gasteiger partial charge in [-0.25, -0.2) is 4.39 Å². The van der Waals surface area contributed by atoms with Crippen molar-refractivity contribution in [2.24, 2.45) is 0 Å². The van der Waals surface area contributed by atoms with Crippen molar-refractivity contribution in [1.29, 1.82) is 0 Å². The average molecular weight is 203 g/mol. The number of hydrogen-bond donors (Lipinski definition) is 1. The lowest BCUT2D eigenvalue weighted by Crippen LogP contribution is -2.03. The van der Waals surface area contributed by atoms with E-state index in [0.29, 0.717) is 0 Å². The first kappa shape index (κ1) is 10.5. The number of nitro groups is 1. The molecule has 0 unspecified atom stereocenters. The third-order valence-electron chi connectivity index (χ3n) is 1.72. The fraction of sp³-hybridized carbons (Fsp3) is 0.250. The lowest BCUT2D eigenvalue weighted by molar-refractivity contribution is -0.387. The lowest BCUT2D eigenvalue weighted by Gasteiger charge is -2.07. The van der Waals surface area contributed by atoms with E-state index in [9.17, 15) is 18.9 Å². The molecule has 1 atom stereocenters. The summed E-state index contributed by atoms with van der Waals surface area (Å²) in [7, 11) is 0. The summed E-state index contributed by atoms with van der Waals surface area (Å²) in [5.74, 6) is -2.33. The molecule has 0 amide bonds. The first-order valence-electron chi connectivity index (χ1n) is 3.75. The SMILES string of the molecule is C[C@H](O)c1c(F)ccc([N+](=O)[O-])c1F. The minimum Gasteiger partial charge on any atom is -0.388 e. The summed E-state index contributed by atoms with van der Waals surface area (Å²) >= 11 is 0. The van der Waals surface area contributed by atoms with Crippen molar-refractivity contribution < 1.29 is 18.8 Å². The molecule has 76 valence electrons. The fourth-order valence-corrected chi connectivity index (χ4v) is 1.08. The molecular formula is C8H7F2NO3. The van der Waals surface area contributed by atoms with Gasteiger partial charge in [-0.15, -0.1) is 0 Å². The zero-order chi connectivity index (χ0) is 10.9. The lowest BCUT2D eigenvalue weighted by atomic mass is 10.1. The summed E-state index contributed by atoms with van der Waals surface area (Å²) in [6.07, 6.45) is -1.42. The highest BCUT2D eigenvalue weighted by Gasteiger charge is 2.23. The van der Waals surface area contributed by atoms with Gasteiger partial charge in [0, 0.05) is 6.07 Å². The molecule has 0 aromatic heterocycles. The Hall–Kier alpha value is -1.56. The minimum absolute atomic E-state index is 0.681. The van der Waals surface area contributed by atoms with E-state index >= 15 is 0 Å². The third-order valence-corrected chi connectivity index (χ3v) is 1.72. The maximum absolute atomic E-state index is 13.2. The van der Waals surface area contributed by atoms with Crippen LogP contribution >= 0.6 is 0 Å². The van der Waals surface area contributed by atoms with E-state index in [0.717, 1.165) is 19.1 Å². The Morgan fingerprint density at radius 1 is 1.50 bits per heavy atom. The second-order valence-electron chi connectivity index (χ2n) is 2.73.